The van der Waals surface area contributed by atoms with E-state index < -0.39 is 0 Å². The number of anilines is 3. The molecule has 0 saturated heterocycles. The highest BCUT2D eigenvalue weighted by molar-refractivity contribution is 5.57. The molecule has 0 atom stereocenters. The van der Waals surface area contributed by atoms with Crippen molar-refractivity contribution in [2.45, 2.75) is 13.5 Å². The van der Waals surface area contributed by atoms with Crippen molar-refractivity contribution < 1.29 is 9.15 Å². The van der Waals surface area contributed by atoms with Crippen molar-refractivity contribution in [3.05, 3.63) is 60.2 Å². The van der Waals surface area contributed by atoms with Gasteiger partial charge in [0.05, 0.1) is 12.8 Å². The lowest BCUT2D eigenvalue weighted by Gasteiger charge is -2.12. The van der Waals surface area contributed by atoms with E-state index in [0.717, 1.165) is 35.1 Å². The molecule has 0 unspecified atom stereocenters. The number of furan rings is 1. The lowest BCUT2D eigenvalue weighted by Crippen LogP contribution is -2.19. The quantitative estimate of drug-likeness (QED) is 0.597. The van der Waals surface area contributed by atoms with Crippen LogP contribution in [-0.4, -0.2) is 42.1 Å². The summed E-state index contributed by atoms with van der Waals surface area (Å²) in [5, 5.41) is 6.49. The van der Waals surface area contributed by atoms with Gasteiger partial charge in [0.25, 0.3) is 0 Å². The second kappa shape index (κ2) is 9.05. The second-order valence-electron chi connectivity index (χ2n) is 6.46. The van der Waals surface area contributed by atoms with Crippen molar-refractivity contribution >= 4 is 17.5 Å². The Morgan fingerprint density at radius 1 is 1.15 bits per heavy atom. The van der Waals surface area contributed by atoms with Crippen LogP contribution in [0.4, 0.5) is 17.5 Å². The van der Waals surface area contributed by atoms with E-state index in [-0.39, 0.29) is 0 Å². The Hall–Kier alpha value is -3.06. The van der Waals surface area contributed by atoms with E-state index >= 15 is 0 Å². The third-order valence-corrected chi connectivity index (χ3v) is 3.90. The molecule has 2 heterocycles. The summed E-state index contributed by atoms with van der Waals surface area (Å²) in [5.74, 6) is 3.00. The number of ether oxygens (including phenoxy) is 1. The predicted molar refractivity (Wildman–Crippen MR) is 107 cm³/mol. The number of likely N-dealkylation sites (N-methyl/N-ethyl adjacent to an activating group) is 1. The summed E-state index contributed by atoms with van der Waals surface area (Å²) >= 11 is 0. The van der Waals surface area contributed by atoms with Gasteiger partial charge in [-0.3, -0.25) is 0 Å². The van der Waals surface area contributed by atoms with Gasteiger partial charge in [0.2, 0.25) is 5.95 Å². The number of nitrogens with zero attached hydrogens (tertiary/aromatic N) is 3. The van der Waals surface area contributed by atoms with E-state index in [2.05, 4.69) is 25.5 Å². The third-order valence-electron chi connectivity index (χ3n) is 3.90. The van der Waals surface area contributed by atoms with Crippen LogP contribution in [0.15, 0.2) is 53.3 Å². The largest absolute Gasteiger partial charge is 0.492 e. The topological polar surface area (TPSA) is 75.5 Å². The number of aryl methyl sites for hydroxylation is 1. The van der Waals surface area contributed by atoms with Crippen LogP contribution in [0, 0.1) is 6.92 Å². The molecule has 2 N–H and O–H groups in total. The molecule has 0 aliphatic carbocycles. The van der Waals surface area contributed by atoms with Gasteiger partial charge in [-0.2, -0.15) is 4.98 Å². The molecule has 7 heteroatoms. The molecule has 0 radical (unpaired) electrons. The van der Waals surface area contributed by atoms with Crippen LogP contribution in [0.2, 0.25) is 0 Å². The number of aromatic nitrogens is 2. The monoisotopic (exact) mass is 367 g/mol. The highest BCUT2D eigenvalue weighted by Crippen LogP contribution is 2.20. The molecule has 142 valence electrons. The first-order chi connectivity index (χ1) is 13.1. The highest BCUT2D eigenvalue weighted by atomic mass is 16.5. The van der Waals surface area contributed by atoms with Gasteiger partial charge in [-0.05, 0) is 57.4 Å². The van der Waals surface area contributed by atoms with Gasteiger partial charge in [0.1, 0.15) is 23.9 Å². The van der Waals surface area contributed by atoms with E-state index in [1.807, 2.05) is 57.4 Å². The Balaban J connectivity index is 1.59. The van der Waals surface area contributed by atoms with Crippen molar-refractivity contribution in [3.63, 3.8) is 0 Å². The summed E-state index contributed by atoms with van der Waals surface area (Å²) in [6, 6.07) is 11.5. The van der Waals surface area contributed by atoms with Crippen molar-refractivity contribution in [3.8, 4) is 5.75 Å². The van der Waals surface area contributed by atoms with Crippen molar-refractivity contribution in [2.24, 2.45) is 0 Å². The standard InChI is InChI=1S/C20H25N5O2/c1-15-13-22-20(24-19(15)21-14-18-5-4-11-26-18)23-16-6-8-17(9-7-16)27-12-10-25(2)3/h4-9,11,13H,10,12,14H2,1-3H3,(H2,21,22,23,24). The maximum absolute atomic E-state index is 5.70. The summed E-state index contributed by atoms with van der Waals surface area (Å²) in [4.78, 5) is 11.0. The highest BCUT2D eigenvalue weighted by Gasteiger charge is 2.06. The maximum Gasteiger partial charge on any atom is 0.229 e. The number of hydrogen-bond acceptors (Lipinski definition) is 7. The van der Waals surface area contributed by atoms with Gasteiger partial charge in [-0.25, -0.2) is 4.98 Å². The van der Waals surface area contributed by atoms with Crippen molar-refractivity contribution in [1.29, 1.82) is 0 Å². The van der Waals surface area contributed by atoms with Gasteiger partial charge in [-0.15, -0.1) is 0 Å². The summed E-state index contributed by atoms with van der Waals surface area (Å²) in [6.07, 6.45) is 3.45. The summed E-state index contributed by atoms with van der Waals surface area (Å²) in [7, 11) is 4.05. The van der Waals surface area contributed by atoms with E-state index in [0.29, 0.717) is 19.1 Å². The van der Waals surface area contributed by atoms with E-state index in [1.54, 1.807) is 12.5 Å². The molecule has 2 aromatic heterocycles. The zero-order valence-electron chi connectivity index (χ0n) is 15.9. The number of benzene rings is 1. The fourth-order valence-electron chi connectivity index (χ4n) is 2.37. The van der Waals surface area contributed by atoms with Gasteiger partial charge in [-0.1, -0.05) is 0 Å². The average Bonchev–Trinajstić information content (AvgIpc) is 3.17. The summed E-state index contributed by atoms with van der Waals surface area (Å²) < 4.78 is 11.0. The van der Waals surface area contributed by atoms with Crippen molar-refractivity contribution in [1.82, 2.24) is 14.9 Å². The molecular weight excluding hydrogens is 342 g/mol. The van der Waals surface area contributed by atoms with Crippen LogP contribution in [0.3, 0.4) is 0 Å². The van der Waals surface area contributed by atoms with Gasteiger partial charge >= 0.3 is 0 Å². The Morgan fingerprint density at radius 2 is 1.96 bits per heavy atom. The van der Waals surface area contributed by atoms with Gasteiger partial charge < -0.3 is 24.7 Å². The Bertz CT molecular complexity index is 832. The van der Waals surface area contributed by atoms with Gasteiger partial charge in [0, 0.05) is 24.0 Å². The minimum Gasteiger partial charge on any atom is -0.492 e. The van der Waals surface area contributed by atoms with E-state index in [4.69, 9.17) is 9.15 Å². The molecule has 27 heavy (non-hydrogen) atoms. The molecular formula is C20H25N5O2. The molecule has 0 saturated carbocycles. The number of nitrogens with one attached hydrogen (secondary N) is 2. The van der Waals surface area contributed by atoms with Crippen LogP contribution in [-0.2, 0) is 6.54 Å². The molecule has 0 amide bonds. The smallest absolute Gasteiger partial charge is 0.229 e. The van der Waals surface area contributed by atoms with Crippen LogP contribution in [0.5, 0.6) is 5.75 Å². The molecule has 3 rings (SSSR count). The fraction of sp³-hybridized carbons (Fsp3) is 0.300. The van der Waals surface area contributed by atoms with Crippen LogP contribution < -0.4 is 15.4 Å². The normalized spacial score (nSPS) is 10.8. The van der Waals surface area contributed by atoms with Crippen LogP contribution in [0.1, 0.15) is 11.3 Å². The molecule has 0 fully saturated rings. The van der Waals surface area contributed by atoms with Crippen molar-refractivity contribution in [2.75, 3.05) is 37.9 Å². The molecule has 0 spiro atoms. The Labute approximate surface area is 159 Å². The molecule has 0 aliphatic heterocycles. The molecule has 1 aromatic carbocycles. The van der Waals surface area contributed by atoms with Crippen LogP contribution >= 0.6 is 0 Å². The number of rotatable bonds is 9. The zero-order valence-corrected chi connectivity index (χ0v) is 15.9. The first-order valence-corrected chi connectivity index (χ1v) is 8.84. The van der Waals surface area contributed by atoms with E-state index in [1.165, 1.54) is 0 Å². The lowest BCUT2D eigenvalue weighted by molar-refractivity contribution is 0.261. The molecule has 7 nitrogen and oxygen atoms in total. The summed E-state index contributed by atoms with van der Waals surface area (Å²) in [5.41, 5.74) is 1.87. The Kier molecular flexibility index (Phi) is 6.27. The van der Waals surface area contributed by atoms with E-state index in [9.17, 15) is 0 Å². The Morgan fingerprint density at radius 3 is 2.67 bits per heavy atom. The first kappa shape index (κ1) is 18.7. The average molecular weight is 367 g/mol. The predicted octanol–water partition coefficient (Wildman–Crippen LogP) is 3.67. The maximum atomic E-state index is 5.70. The van der Waals surface area contributed by atoms with Crippen LogP contribution in [0.25, 0.3) is 0 Å². The minimum absolute atomic E-state index is 0.531. The molecule has 3 aromatic rings. The second-order valence-corrected chi connectivity index (χ2v) is 6.46. The third kappa shape index (κ3) is 5.72. The fourth-order valence-corrected chi connectivity index (χ4v) is 2.37. The SMILES string of the molecule is Cc1cnc(Nc2ccc(OCCN(C)C)cc2)nc1NCc1ccco1. The first-order valence-electron chi connectivity index (χ1n) is 8.84. The minimum atomic E-state index is 0.531. The summed E-state index contributed by atoms with van der Waals surface area (Å²) in [6.45, 7) is 4.08. The lowest BCUT2D eigenvalue weighted by atomic mass is 10.3. The number of hydrogen-bond donors (Lipinski definition) is 2. The zero-order chi connectivity index (χ0) is 19.1. The van der Waals surface area contributed by atoms with Gasteiger partial charge in [0.15, 0.2) is 0 Å². The molecule has 0 bridgehead atoms. The molecule has 0 aliphatic rings.